The molecule has 0 heterocycles. The zero-order valence-electron chi connectivity index (χ0n) is 9.88. The van der Waals surface area contributed by atoms with Gasteiger partial charge >= 0.3 is 0 Å². The largest absolute Gasteiger partial charge is 0.383 e. The lowest BCUT2D eigenvalue weighted by atomic mass is 10.3. The number of rotatable bonds is 9. The molecular formula is C10H24N2OS. The van der Waals surface area contributed by atoms with Crippen LogP contribution in [0.2, 0.25) is 0 Å². The van der Waals surface area contributed by atoms with Gasteiger partial charge in [-0.1, -0.05) is 6.92 Å². The van der Waals surface area contributed by atoms with Gasteiger partial charge in [-0.25, -0.2) is 0 Å². The molecular weight excluding hydrogens is 196 g/mol. The summed E-state index contributed by atoms with van der Waals surface area (Å²) in [6, 6.07) is 0.497. The lowest BCUT2D eigenvalue weighted by molar-refractivity contribution is 0.174. The van der Waals surface area contributed by atoms with E-state index >= 15 is 0 Å². The molecule has 0 saturated heterocycles. The fourth-order valence-corrected chi connectivity index (χ4v) is 2.29. The Morgan fingerprint density at radius 2 is 2.14 bits per heavy atom. The van der Waals surface area contributed by atoms with Crippen LogP contribution in [0.3, 0.4) is 0 Å². The zero-order chi connectivity index (χ0) is 10.8. The predicted octanol–water partition coefficient (Wildman–Crippen LogP) is 0.906. The van der Waals surface area contributed by atoms with Gasteiger partial charge in [0.15, 0.2) is 0 Å². The highest BCUT2D eigenvalue weighted by atomic mass is 32.2. The third kappa shape index (κ3) is 8.81. The highest BCUT2D eigenvalue weighted by molar-refractivity contribution is 7.99. The van der Waals surface area contributed by atoms with Gasteiger partial charge in [0.2, 0.25) is 0 Å². The van der Waals surface area contributed by atoms with Gasteiger partial charge in [0, 0.05) is 31.2 Å². The van der Waals surface area contributed by atoms with Crippen LogP contribution in [-0.4, -0.2) is 63.3 Å². The number of thioether (sulfide) groups is 1. The van der Waals surface area contributed by atoms with Crippen molar-refractivity contribution in [2.24, 2.45) is 0 Å². The molecule has 0 aliphatic heterocycles. The summed E-state index contributed by atoms with van der Waals surface area (Å²) < 4.78 is 5.15. The van der Waals surface area contributed by atoms with Crippen molar-refractivity contribution >= 4 is 11.8 Å². The molecule has 14 heavy (non-hydrogen) atoms. The summed E-state index contributed by atoms with van der Waals surface area (Å²) in [7, 11) is 5.98. The summed E-state index contributed by atoms with van der Waals surface area (Å²) in [6.07, 6.45) is 0. The van der Waals surface area contributed by atoms with Crippen molar-refractivity contribution < 1.29 is 4.74 Å². The van der Waals surface area contributed by atoms with Crippen LogP contribution < -0.4 is 5.32 Å². The van der Waals surface area contributed by atoms with Gasteiger partial charge in [-0.2, -0.15) is 11.8 Å². The summed E-state index contributed by atoms with van der Waals surface area (Å²) in [6.45, 7) is 5.11. The molecule has 0 saturated carbocycles. The number of methoxy groups -OCH3 is 1. The van der Waals surface area contributed by atoms with Crippen LogP contribution in [-0.2, 0) is 4.74 Å². The lowest BCUT2D eigenvalue weighted by Gasteiger charge is -2.17. The van der Waals surface area contributed by atoms with Gasteiger partial charge in [-0.3, -0.25) is 0 Å². The highest BCUT2D eigenvalue weighted by Crippen LogP contribution is 2.03. The van der Waals surface area contributed by atoms with Gasteiger partial charge in [0.25, 0.3) is 0 Å². The Bertz CT molecular complexity index is 117. The number of hydrogen-bond donors (Lipinski definition) is 1. The van der Waals surface area contributed by atoms with E-state index in [1.807, 2.05) is 11.8 Å². The van der Waals surface area contributed by atoms with Gasteiger partial charge in [0.05, 0.1) is 6.61 Å². The molecule has 0 aromatic carbocycles. The fourth-order valence-electron chi connectivity index (χ4n) is 1.13. The van der Waals surface area contributed by atoms with E-state index in [1.54, 1.807) is 7.11 Å². The lowest BCUT2D eigenvalue weighted by Crippen LogP contribution is -2.35. The molecule has 1 atom stereocenters. The Kier molecular flexibility index (Phi) is 9.93. The van der Waals surface area contributed by atoms with E-state index in [4.69, 9.17) is 4.74 Å². The van der Waals surface area contributed by atoms with Crippen LogP contribution in [0.15, 0.2) is 0 Å². The van der Waals surface area contributed by atoms with Crippen molar-refractivity contribution in [2.75, 3.05) is 52.4 Å². The van der Waals surface area contributed by atoms with Crippen molar-refractivity contribution in [3.8, 4) is 0 Å². The van der Waals surface area contributed by atoms with Crippen molar-refractivity contribution in [1.29, 1.82) is 0 Å². The molecule has 0 aliphatic rings. The van der Waals surface area contributed by atoms with E-state index in [2.05, 4.69) is 31.2 Å². The van der Waals surface area contributed by atoms with Crippen LogP contribution in [0.5, 0.6) is 0 Å². The fraction of sp³-hybridized carbons (Fsp3) is 1.00. The molecule has 1 N–H and O–H groups in total. The SMILES string of the molecule is CCNC(COC)CSCCN(C)C. The van der Waals surface area contributed by atoms with Gasteiger partial charge < -0.3 is 15.0 Å². The second kappa shape index (κ2) is 9.77. The minimum absolute atomic E-state index is 0.497. The number of nitrogens with zero attached hydrogens (tertiary/aromatic N) is 1. The summed E-state index contributed by atoms with van der Waals surface area (Å²) in [5, 5.41) is 3.41. The maximum atomic E-state index is 5.15. The number of nitrogens with one attached hydrogen (secondary N) is 1. The molecule has 0 rings (SSSR count). The van der Waals surface area contributed by atoms with Crippen molar-refractivity contribution in [1.82, 2.24) is 10.2 Å². The molecule has 0 aromatic heterocycles. The molecule has 0 aromatic rings. The van der Waals surface area contributed by atoms with E-state index < -0.39 is 0 Å². The minimum Gasteiger partial charge on any atom is -0.383 e. The minimum atomic E-state index is 0.497. The van der Waals surface area contributed by atoms with E-state index in [1.165, 1.54) is 5.75 Å². The molecule has 0 bridgehead atoms. The second-order valence-electron chi connectivity index (χ2n) is 3.59. The maximum absolute atomic E-state index is 5.15. The first-order valence-electron chi connectivity index (χ1n) is 5.15. The van der Waals surface area contributed by atoms with Crippen LogP contribution in [0.1, 0.15) is 6.92 Å². The third-order valence-electron chi connectivity index (χ3n) is 1.86. The Morgan fingerprint density at radius 1 is 1.43 bits per heavy atom. The first-order chi connectivity index (χ1) is 6.70. The molecule has 0 fully saturated rings. The summed E-state index contributed by atoms with van der Waals surface area (Å²) in [4.78, 5) is 2.21. The average molecular weight is 220 g/mol. The van der Waals surface area contributed by atoms with Gasteiger partial charge in [-0.15, -0.1) is 0 Å². The van der Waals surface area contributed by atoms with E-state index in [0.717, 1.165) is 25.4 Å². The molecule has 0 amide bonds. The maximum Gasteiger partial charge on any atom is 0.0623 e. The monoisotopic (exact) mass is 220 g/mol. The van der Waals surface area contributed by atoms with Gasteiger partial charge in [-0.05, 0) is 20.6 Å². The van der Waals surface area contributed by atoms with E-state index in [9.17, 15) is 0 Å². The molecule has 1 unspecified atom stereocenters. The zero-order valence-corrected chi connectivity index (χ0v) is 10.7. The highest BCUT2D eigenvalue weighted by Gasteiger charge is 2.05. The molecule has 86 valence electrons. The Hall–Kier alpha value is 0.230. The summed E-state index contributed by atoms with van der Waals surface area (Å²) >= 11 is 1.99. The second-order valence-corrected chi connectivity index (χ2v) is 4.74. The summed E-state index contributed by atoms with van der Waals surface area (Å²) in [5.74, 6) is 2.33. The third-order valence-corrected chi connectivity index (χ3v) is 2.97. The molecule has 0 spiro atoms. The summed E-state index contributed by atoms with van der Waals surface area (Å²) in [5.41, 5.74) is 0. The standard InChI is InChI=1S/C10H24N2OS/c1-5-11-10(8-13-4)9-14-7-6-12(2)3/h10-11H,5-9H2,1-4H3. The first-order valence-corrected chi connectivity index (χ1v) is 6.31. The quantitative estimate of drug-likeness (QED) is 0.584. The predicted molar refractivity (Wildman–Crippen MR) is 65.2 cm³/mol. The average Bonchev–Trinajstić information content (AvgIpc) is 2.12. The number of ether oxygens (including phenoxy) is 1. The Morgan fingerprint density at radius 3 is 2.64 bits per heavy atom. The van der Waals surface area contributed by atoms with Crippen LogP contribution in [0, 0.1) is 0 Å². The van der Waals surface area contributed by atoms with Crippen LogP contribution >= 0.6 is 11.8 Å². The smallest absolute Gasteiger partial charge is 0.0623 e. The van der Waals surface area contributed by atoms with E-state index in [0.29, 0.717) is 6.04 Å². The van der Waals surface area contributed by atoms with Crippen molar-refractivity contribution in [3.05, 3.63) is 0 Å². The molecule has 0 radical (unpaired) electrons. The Balaban J connectivity index is 3.40. The molecule has 0 aliphatic carbocycles. The molecule has 3 nitrogen and oxygen atoms in total. The molecule has 4 heteroatoms. The van der Waals surface area contributed by atoms with Gasteiger partial charge in [0.1, 0.15) is 0 Å². The normalized spacial score (nSPS) is 13.5. The van der Waals surface area contributed by atoms with Crippen LogP contribution in [0.4, 0.5) is 0 Å². The van der Waals surface area contributed by atoms with Crippen LogP contribution in [0.25, 0.3) is 0 Å². The first kappa shape index (κ1) is 14.2. The van der Waals surface area contributed by atoms with Crippen molar-refractivity contribution in [2.45, 2.75) is 13.0 Å². The van der Waals surface area contributed by atoms with E-state index in [-0.39, 0.29) is 0 Å². The van der Waals surface area contributed by atoms with Crippen molar-refractivity contribution in [3.63, 3.8) is 0 Å². The Labute approximate surface area is 92.6 Å². The number of hydrogen-bond acceptors (Lipinski definition) is 4. The topological polar surface area (TPSA) is 24.5 Å². The number of likely N-dealkylation sites (N-methyl/N-ethyl adjacent to an activating group) is 1.